The van der Waals surface area contributed by atoms with Crippen LogP contribution in [0.15, 0.2) is 18.2 Å². The van der Waals surface area contributed by atoms with Gasteiger partial charge in [0.1, 0.15) is 6.29 Å². The van der Waals surface area contributed by atoms with Crippen molar-refractivity contribution in [1.82, 2.24) is 0 Å². The number of amides is 1. The van der Waals surface area contributed by atoms with Crippen LogP contribution in [0, 0.1) is 21.3 Å². The minimum absolute atomic E-state index is 0.359. The van der Waals surface area contributed by atoms with Crippen LogP contribution in [-0.2, 0) is 15.1 Å². The summed E-state index contributed by atoms with van der Waals surface area (Å²) in [5.74, 6) is 6.89. The number of rotatable bonds is 5. The van der Waals surface area contributed by atoms with Crippen LogP contribution in [0.4, 0.5) is 10.5 Å². The van der Waals surface area contributed by atoms with Gasteiger partial charge in [0.05, 0.1) is 5.69 Å². The summed E-state index contributed by atoms with van der Waals surface area (Å²) in [7, 11) is 0. The fourth-order valence-electron chi connectivity index (χ4n) is 2.78. The molecule has 1 atom stereocenters. The molecule has 1 amide bonds. The number of ether oxygens (including phenoxy) is 1. The van der Waals surface area contributed by atoms with Gasteiger partial charge < -0.3 is 9.53 Å². The zero-order valence-electron chi connectivity index (χ0n) is 13.7. The molecule has 1 saturated carbocycles. The number of hydrogen-bond acceptors (Lipinski definition) is 3. The number of unbranched alkanes of at least 4 members (excludes halogenated alkanes) is 2. The van der Waals surface area contributed by atoms with Crippen molar-refractivity contribution in [3.8, 4) is 11.8 Å². The number of nitrogens with zero attached hydrogens (tertiary/aromatic N) is 1. The molecular formula is C19H20INO3. The molecular weight excluding hydrogens is 417 g/mol. The Kier molecular flexibility index (Phi) is 5.14. The van der Waals surface area contributed by atoms with E-state index >= 15 is 0 Å². The van der Waals surface area contributed by atoms with Crippen molar-refractivity contribution in [3.63, 3.8) is 0 Å². The van der Waals surface area contributed by atoms with Crippen molar-refractivity contribution in [2.75, 3.05) is 11.4 Å². The van der Waals surface area contributed by atoms with E-state index in [1.807, 2.05) is 25.1 Å². The largest absolute Gasteiger partial charge is 0.425 e. The van der Waals surface area contributed by atoms with Crippen LogP contribution in [0.2, 0.25) is 0 Å². The normalized spacial score (nSPS) is 22.2. The molecule has 5 heteroatoms. The molecule has 1 aliphatic carbocycles. The zero-order chi connectivity index (χ0) is 17.2. The number of hydrogen-bond donors (Lipinski definition) is 0. The summed E-state index contributed by atoms with van der Waals surface area (Å²) in [6.45, 7) is 2.42. The second-order valence-electron chi connectivity index (χ2n) is 6.42. The van der Waals surface area contributed by atoms with Crippen LogP contribution < -0.4 is 4.90 Å². The first-order chi connectivity index (χ1) is 11.5. The van der Waals surface area contributed by atoms with Gasteiger partial charge in [-0.05, 0) is 73.4 Å². The van der Waals surface area contributed by atoms with Gasteiger partial charge in [-0.25, -0.2) is 4.79 Å². The molecule has 0 unspecified atom stereocenters. The lowest BCUT2D eigenvalue weighted by Gasteiger charge is -2.38. The van der Waals surface area contributed by atoms with Gasteiger partial charge >= 0.3 is 6.09 Å². The van der Waals surface area contributed by atoms with Gasteiger partial charge in [0.15, 0.2) is 5.60 Å². The van der Waals surface area contributed by atoms with Crippen LogP contribution in [0.3, 0.4) is 0 Å². The molecule has 1 aliphatic heterocycles. The number of carbonyl (C=O) groups excluding carboxylic acids is 2. The van der Waals surface area contributed by atoms with Crippen LogP contribution in [0.1, 0.15) is 44.6 Å². The maximum Gasteiger partial charge on any atom is 0.416 e. The molecule has 0 bridgehead atoms. The Bertz CT molecular complexity index is 717. The maximum atomic E-state index is 12.5. The Morgan fingerprint density at radius 1 is 1.42 bits per heavy atom. The zero-order valence-corrected chi connectivity index (χ0v) is 15.8. The Hall–Kier alpha value is -1.55. The summed E-state index contributed by atoms with van der Waals surface area (Å²) < 4.78 is 6.83. The van der Waals surface area contributed by atoms with Gasteiger partial charge in [0, 0.05) is 28.0 Å². The lowest BCUT2D eigenvalue weighted by molar-refractivity contribution is -0.107. The van der Waals surface area contributed by atoms with Gasteiger partial charge in [-0.3, -0.25) is 4.90 Å². The van der Waals surface area contributed by atoms with Crippen molar-refractivity contribution >= 4 is 40.7 Å². The topological polar surface area (TPSA) is 46.6 Å². The van der Waals surface area contributed by atoms with Crippen LogP contribution in [-0.4, -0.2) is 18.9 Å². The smallest absolute Gasteiger partial charge is 0.416 e. The molecule has 0 spiro atoms. The first kappa shape index (κ1) is 17.3. The van der Waals surface area contributed by atoms with Crippen LogP contribution in [0.5, 0.6) is 0 Å². The van der Waals surface area contributed by atoms with Gasteiger partial charge in [-0.15, -0.1) is 0 Å². The maximum absolute atomic E-state index is 12.5. The second kappa shape index (κ2) is 7.14. The highest BCUT2D eigenvalue weighted by Gasteiger charge is 2.40. The molecule has 126 valence electrons. The summed E-state index contributed by atoms with van der Waals surface area (Å²) in [6.07, 6.45) is 4.89. The molecule has 1 aromatic rings. The minimum Gasteiger partial charge on any atom is -0.425 e. The molecule has 1 aromatic carbocycles. The van der Waals surface area contributed by atoms with E-state index < -0.39 is 5.60 Å². The fraction of sp³-hybridized carbons (Fsp3) is 0.474. The molecule has 3 rings (SSSR count). The summed E-state index contributed by atoms with van der Waals surface area (Å²) in [6, 6.07) is 6.00. The van der Waals surface area contributed by atoms with Crippen LogP contribution >= 0.6 is 22.6 Å². The highest BCUT2D eigenvalue weighted by atomic mass is 127. The lowest BCUT2D eigenvalue weighted by Crippen LogP contribution is -2.44. The second-order valence-corrected chi connectivity index (χ2v) is 7.67. The molecule has 0 radical (unpaired) electrons. The number of anilines is 1. The third kappa shape index (κ3) is 3.75. The molecule has 4 nitrogen and oxygen atoms in total. The van der Waals surface area contributed by atoms with Crippen molar-refractivity contribution in [2.24, 2.45) is 5.92 Å². The lowest BCUT2D eigenvalue weighted by atomic mass is 9.92. The molecule has 1 heterocycles. The minimum atomic E-state index is -0.893. The van der Waals surface area contributed by atoms with Crippen molar-refractivity contribution in [1.29, 1.82) is 0 Å². The van der Waals surface area contributed by atoms with Crippen molar-refractivity contribution < 1.29 is 14.3 Å². The average molecular weight is 437 g/mol. The quantitative estimate of drug-likeness (QED) is 0.300. The number of carbonyl (C=O) groups is 2. The first-order valence-electron chi connectivity index (χ1n) is 8.30. The molecule has 0 aromatic heterocycles. The number of cyclic esters (lactones) is 1. The number of halogens is 1. The van der Waals surface area contributed by atoms with Crippen molar-refractivity contribution in [2.45, 2.75) is 44.6 Å². The Morgan fingerprint density at radius 2 is 2.21 bits per heavy atom. The van der Waals surface area contributed by atoms with Gasteiger partial charge in [0.25, 0.3) is 0 Å². The van der Waals surface area contributed by atoms with E-state index in [1.165, 1.54) is 0 Å². The Morgan fingerprint density at radius 3 is 2.92 bits per heavy atom. The van der Waals surface area contributed by atoms with E-state index in [-0.39, 0.29) is 6.09 Å². The number of aldehydes is 1. The van der Waals surface area contributed by atoms with E-state index in [1.54, 1.807) is 4.90 Å². The third-order valence-corrected chi connectivity index (χ3v) is 4.99. The molecule has 2 aliphatic rings. The summed E-state index contributed by atoms with van der Waals surface area (Å²) >= 11 is 2.26. The first-order valence-corrected chi connectivity index (χ1v) is 9.38. The van der Waals surface area contributed by atoms with E-state index in [4.69, 9.17) is 4.74 Å². The third-order valence-electron chi connectivity index (χ3n) is 4.32. The average Bonchev–Trinajstić information content (AvgIpc) is 3.37. The Balaban J connectivity index is 1.90. The fourth-order valence-corrected chi connectivity index (χ4v) is 3.27. The van der Waals surface area contributed by atoms with Crippen LogP contribution in [0.25, 0.3) is 0 Å². The van der Waals surface area contributed by atoms with E-state index in [0.29, 0.717) is 18.9 Å². The Labute approximate surface area is 156 Å². The molecule has 24 heavy (non-hydrogen) atoms. The number of benzene rings is 1. The predicted octanol–water partition coefficient (Wildman–Crippen LogP) is 4.25. The molecule has 0 N–H and O–H groups in total. The summed E-state index contributed by atoms with van der Waals surface area (Å²) in [5.41, 5.74) is 0.915. The summed E-state index contributed by atoms with van der Waals surface area (Å²) in [5, 5.41) is 0. The highest BCUT2D eigenvalue weighted by molar-refractivity contribution is 14.1. The highest BCUT2D eigenvalue weighted by Crippen LogP contribution is 2.40. The summed E-state index contributed by atoms with van der Waals surface area (Å²) in [4.78, 5) is 24.7. The van der Waals surface area contributed by atoms with Gasteiger partial charge in [-0.2, -0.15) is 0 Å². The standard InChI is InChI=1S/C19H20INO3/c1-19(10-9-14-5-6-14)16-13-15(20)7-8-17(16)21(18(23)24-19)11-3-2-4-12-22/h7-8,12-14H,2-6,11H2,1H3/t19-/m0/s1. The van der Waals surface area contributed by atoms with E-state index in [2.05, 4.69) is 34.4 Å². The SMILES string of the molecule is C[C@@]1(C#CC2CC2)OC(=O)N(CCCCC=O)c2ccc(I)cc21. The number of fused-ring (bicyclic) bond motifs is 1. The van der Waals surface area contributed by atoms with E-state index in [0.717, 1.165) is 46.8 Å². The van der Waals surface area contributed by atoms with E-state index in [9.17, 15) is 9.59 Å². The van der Waals surface area contributed by atoms with Gasteiger partial charge in [-0.1, -0.05) is 11.8 Å². The predicted molar refractivity (Wildman–Crippen MR) is 101 cm³/mol. The van der Waals surface area contributed by atoms with Gasteiger partial charge in [0.2, 0.25) is 0 Å². The van der Waals surface area contributed by atoms with Crippen molar-refractivity contribution in [3.05, 3.63) is 27.3 Å². The molecule has 1 fully saturated rings. The molecule has 0 saturated heterocycles. The monoisotopic (exact) mass is 437 g/mol.